The molecule has 1 saturated heterocycles. The second kappa shape index (κ2) is 4.59. The maximum Gasteiger partial charge on any atom is 0.172 e. The number of hydrogen-bond acceptors (Lipinski definition) is 2. The molecule has 2 N–H and O–H groups in total. The summed E-state index contributed by atoms with van der Waals surface area (Å²) in [6.45, 7) is 18.5. The standard InChI is InChI=1S/C12H31NOSi3/c1-12(9-8-10-13)11-15(2,3)17(6,7)16(4,5)14-12/h8-11,13H2,1-7H3. The van der Waals surface area contributed by atoms with Crippen LogP contribution in [0.3, 0.4) is 0 Å². The minimum absolute atomic E-state index is 0.132. The molecule has 1 aliphatic heterocycles. The first kappa shape index (κ1) is 15.6. The summed E-state index contributed by atoms with van der Waals surface area (Å²) in [4.78, 5) is 0. The summed E-state index contributed by atoms with van der Waals surface area (Å²) in [6.07, 6.45) is 2.26. The van der Waals surface area contributed by atoms with E-state index in [1.54, 1.807) is 0 Å². The Bertz CT molecular complexity index is 269. The van der Waals surface area contributed by atoms with Gasteiger partial charge in [0.15, 0.2) is 7.83 Å². The summed E-state index contributed by atoms with van der Waals surface area (Å²) in [5.74, 6) is 0. The van der Waals surface area contributed by atoms with Gasteiger partial charge in [-0.15, -0.1) is 0 Å². The molecule has 1 fully saturated rings. The molecule has 1 unspecified atom stereocenters. The highest BCUT2D eigenvalue weighted by atomic mass is 29.6. The average molecular weight is 290 g/mol. The van der Waals surface area contributed by atoms with Crippen molar-refractivity contribution >= 4 is 22.5 Å². The monoisotopic (exact) mass is 289 g/mol. The molecule has 1 heterocycles. The van der Waals surface area contributed by atoms with E-state index < -0.39 is 22.5 Å². The third-order valence-corrected chi connectivity index (χ3v) is 46.0. The molecule has 0 amide bonds. The fourth-order valence-corrected chi connectivity index (χ4v) is 34.1. The smallest absolute Gasteiger partial charge is 0.172 e. The van der Waals surface area contributed by atoms with Crippen LogP contribution in [0.5, 0.6) is 0 Å². The van der Waals surface area contributed by atoms with E-state index in [2.05, 4.69) is 46.2 Å². The highest BCUT2D eigenvalue weighted by Crippen LogP contribution is 2.45. The lowest BCUT2D eigenvalue weighted by molar-refractivity contribution is 0.0894. The molecule has 1 aliphatic rings. The van der Waals surface area contributed by atoms with Crippen LogP contribution in [0.25, 0.3) is 0 Å². The van der Waals surface area contributed by atoms with E-state index in [4.69, 9.17) is 10.2 Å². The van der Waals surface area contributed by atoms with Crippen molar-refractivity contribution in [2.45, 2.75) is 70.7 Å². The van der Waals surface area contributed by atoms with Gasteiger partial charge >= 0.3 is 0 Å². The first-order valence-corrected chi connectivity index (χ1v) is 18.0. The highest BCUT2D eigenvalue weighted by Gasteiger charge is 2.61. The van der Waals surface area contributed by atoms with E-state index in [-0.39, 0.29) is 5.60 Å². The summed E-state index contributed by atoms with van der Waals surface area (Å²) < 4.78 is 6.69. The summed E-state index contributed by atoms with van der Waals surface area (Å²) in [5, 5.41) is 0. The molecule has 2 nitrogen and oxygen atoms in total. The first-order chi connectivity index (χ1) is 7.47. The minimum atomic E-state index is -1.48. The third-order valence-electron chi connectivity index (χ3n) is 5.42. The highest BCUT2D eigenvalue weighted by molar-refractivity contribution is 7.67. The maximum absolute atomic E-state index is 6.69. The Labute approximate surface area is 110 Å². The summed E-state index contributed by atoms with van der Waals surface area (Å²) in [7, 11) is -3.73. The Morgan fingerprint density at radius 2 is 1.65 bits per heavy atom. The van der Waals surface area contributed by atoms with E-state index in [9.17, 15) is 0 Å². The zero-order valence-electron chi connectivity index (χ0n) is 12.8. The van der Waals surface area contributed by atoms with Crippen molar-refractivity contribution in [1.29, 1.82) is 0 Å². The normalized spacial score (nSPS) is 34.6. The van der Waals surface area contributed by atoms with Crippen molar-refractivity contribution in [2.75, 3.05) is 6.54 Å². The van der Waals surface area contributed by atoms with Crippen LogP contribution in [0, 0.1) is 0 Å². The predicted octanol–water partition coefficient (Wildman–Crippen LogP) is 3.29. The van der Waals surface area contributed by atoms with Crippen molar-refractivity contribution in [2.24, 2.45) is 5.73 Å². The first-order valence-electron chi connectivity index (χ1n) is 6.88. The zero-order chi connectivity index (χ0) is 13.5. The van der Waals surface area contributed by atoms with Gasteiger partial charge in [-0.05, 0) is 45.4 Å². The van der Waals surface area contributed by atoms with E-state index in [0.29, 0.717) is 0 Å². The van der Waals surface area contributed by atoms with Crippen LogP contribution in [-0.4, -0.2) is 34.7 Å². The fraction of sp³-hybridized carbons (Fsp3) is 1.00. The molecule has 5 heteroatoms. The zero-order valence-corrected chi connectivity index (χ0v) is 15.8. The molecule has 0 aliphatic carbocycles. The molecule has 102 valence electrons. The molecular weight excluding hydrogens is 258 g/mol. The number of hydrogen-bond donors (Lipinski definition) is 1. The van der Waals surface area contributed by atoms with Crippen LogP contribution in [0.4, 0.5) is 0 Å². The van der Waals surface area contributed by atoms with Crippen LogP contribution >= 0.6 is 0 Å². The average Bonchev–Trinajstić information content (AvgIpc) is 2.10. The molecule has 0 radical (unpaired) electrons. The van der Waals surface area contributed by atoms with Gasteiger partial charge in [0.25, 0.3) is 0 Å². The molecule has 17 heavy (non-hydrogen) atoms. The second-order valence-electron chi connectivity index (χ2n) is 7.64. The molecule has 0 saturated carbocycles. The maximum atomic E-state index is 6.69. The minimum Gasteiger partial charge on any atom is -0.415 e. The van der Waals surface area contributed by atoms with Gasteiger partial charge in [-0.1, -0.05) is 26.2 Å². The number of rotatable bonds is 3. The topological polar surface area (TPSA) is 35.2 Å². The van der Waals surface area contributed by atoms with Gasteiger partial charge in [-0.3, -0.25) is 0 Å². The Balaban J connectivity index is 2.99. The van der Waals surface area contributed by atoms with Gasteiger partial charge in [0.2, 0.25) is 0 Å². The molecule has 0 spiro atoms. The van der Waals surface area contributed by atoms with Crippen molar-refractivity contribution in [3.05, 3.63) is 0 Å². The lowest BCUT2D eigenvalue weighted by Crippen LogP contribution is -2.78. The summed E-state index contributed by atoms with van der Waals surface area (Å²) >= 11 is 0. The van der Waals surface area contributed by atoms with Crippen LogP contribution < -0.4 is 5.73 Å². The van der Waals surface area contributed by atoms with Crippen LogP contribution in [0.15, 0.2) is 0 Å². The van der Waals surface area contributed by atoms with Gasteiger partial charge in [0.05, 0.1) is 12.7 Å². The second-order valence-corrected chi connectivity index (χ2v) is 34.9. The Hall–Kier alpha value is 0.571. The largest absolute Gasteiger partial charge is 0.415 e. The molecule has 1 rings (SSSR count). The Morgan fingerprint density at radius 1 is 1.12 bits per heavy atom. The van der Waals surface area contributed by atoms with E-state index in [0.717, 1.165) is 19.4 Å². The predicted molar refractivity (Wildman–Crippen MR) is 85.0 cm³/mol. The molecule has 1 atom stereocenters. The SMILES string of the molecule is CC1(CCCN)C[Si](C)(C)[Si](C)(C)[Si](C)(C)O1. The lowest BCUT2D eigenvalue weighted by atomic mass is 10.0. The van der Waals surface area contributed by atoms with Crippen molar-refractivity contribution in [1.82, 2.24) is 0 Å². The van der Waals surface area contributed by atoms with Crippen LogP contribution in [0.1, 0.15) is 19.8 Å². The lowest BCUT2D eigenvalue weighted by Gasteiger charge is -2.58. The van der Waals surface area contributed by atoms with Crippen LogP contribution in [0.2, 0.25) is 45.3 Å². The van der Waals surface area contributed by atoms with Crippen molar-refractivity contribution in [3.8, 4) is 0 Å². The molecule has 0 bridgehead atoms. The summed E-state index contributed by atoms with van der Waals surface area (Å²) in [5.41, 5.74) is 5.80. The van der Waals surface area contributed by atoms with E-state index in [1.165, 1.54) is 6.04 Å². The van der Waals surface area contributed by atoms with Gasteiger partial charge < -0.3 is 10.2 Å². The van der Waals surface area contributed by atoms with Gasteiger partial charge in [-0.25, -0.2) is 0 Å². The van der Waals surface area contributed by atoms with Crippen LogP contribution in [-0.2, 0) is 4.43 Å². The van der Waals surface area contributed by atoms with E-state index >= 15 is 0 Å². The van der Waals surface area contributed by atoms with Crippen molar-refractivity contribution < 1.29 is 4.43 Å². The molecule has 0 aromatic heterocycles. The fourth-order valence-electron chi connectivity index (χ4n) is 3.37. The Morgan fingerprint density at radius 3 is 2.06 bits per heavy atom. The van der Waals surface area contributed by atoms with Gasteiger partial charge in [0.1, 0.15) is 0 Å². The quantitative estimate of drug-likeness (QED) is 0.809. The van der Waals surface area contributed by atoms with Crippen molar-refractivity contribution in [3.63, 3.8) is 0 Å². The Kier molecular flexibility index (Phi) is 4.22. The molecule has 0 aromatic carbocycles. The number of nitrogens with two attached hydrogens (primary N) is 1. The summed E-state index contributed by atoms with van der Waals surface area (Å²) in [6, 6.07) is 1.34. The third kappa shape index (κ3) is 2.78. The molecular formula is C12H31NOSi3. The van der Waals surface area contributed by atoms with Gasteiger partial charge in [-0.2, -0.15) is 0 Å². The molecule has 0 aromatic rings. The van der Waals surface area contributed by atoms with E-state index in [1.807, 2.05) is 0 Å². The van der Waals surface area contributed by atoms with Gasteiger partial charge in [0, 0.05) is 7.59 Å².